The molecule has 10 heteroatoms. The summed E-state index contributed by atoms with van der Waals surface area (Å²) in [5, 5.41) is 12.8. The van der Waals surface area contributed by atoms with Gasteiger partial charge in [-0.1, -0.05) is 0 Å². The molecule has 1 spiro atoms. The fourth-order valence-corrected chi connectivity index (χ4v) is 4.75. The number of ether oxygens (including phenoxy) is 1. The first kappa shape index (κ1) is 21.2. The Morgan fingerprint density at radius 2 is 2.29 bits per heavy atom. The number of nitrogens with one attached hydrogen (secondary N) is 2. The number of hydrogen-bond donors (Lipinski definition) is 3. The van der Waals surface area contributed by atoms with E-state index in [0.717, 1.165) is 12.5 Å². The Morgan fingerprint density at radius 3 is 3.03 bits per heavy atom. The van der Waals surface area contributed by atoms with Crippen molar-refractivity contribution in [3.8, 4) is 6.07 Å². The smallest absolute Gasteiger partial charge is 0.261 e. The van der Waals surface area contributed by atoms with Gasteiger partial charge in [0.05, 0.1) is 45.7 Å². The molecule has 2 fully saturated rings. The fraction of sp³-hybridized carbons (Fsp3) is 0.381. The minimum Gasteiger partial charge on any atom is -0.383 e. The van der Waals surface area contributed by atoms with Crippen LogP contribution in [0, 0.1) is 28.5 Å². The van der Waals surface area contributed by atoms with Crippen molar-refractivity contribution in [3.05, 3.63) is 52.2 Å². The lowest BCUT2D eigenvalue weighted by molar-refractivity contribution is 0.0192. The van der Waals surface area contributed by atoms with Gasteiger partial charge in [0.2, 0.25) is 0 Å². The van der Waals surface area contributed by atoms with Gasteiger partial charge in [-0.15, -0.1) is 0 Å². The number of aliphatic imine (C=N–C) groups is 1. The third-order valence-electron chi connectivity index (χ3n) is 5.91. The minimum absolute atomic E-state index is 0.00846. The van der Waals surface area contributed by atoms with Gasteiger partial charge in [0.25, 0.3) is 5.56 Å². The number of nitrogens with zero attached hydrogens (tertiary/aromatic N) is 2. The molecule has 4 rings (SSSR count). The molecule has 2 aromatic rings. The lowest BCUT2D eigenvalue weighted by atomic mass is 9.86. The largest absolute Gasteiger partial charge is 0.383 e. The van der Waals surface area contributed by atoms with Crippen LogP contribution in [0.1, 0.15) is 18.4 Å². The molecule has 1 saturated carbocycles. The fourth-order valence-electron chi connectivity index (χ4n) is 4.12. The molecule has 1 aliphatic carbocycles. The number of rotatable bonds is 5. The predicted molar refractivity (Wildman–Crippen MR) is 115 cm³/mol. The molecule has 162 valence electrons. The molecule has 2 heterocycles. The van der Waals surface area contributed by atoms with Crippen molar-refractivity contribution in [1.82, 2.24) is 4.98 Å². The molecule has 1 aliphatic heterocycles. The maximum Gasteiger partial charge on any atom is 0.261 e. The van der Waals surface area contributed by atoms with Crippen LogP contribution < -0.4 is 16.6 Å². The van der Waals surface area contributed by atoms with Crippen LogP contribution in [0.25, 0.3) is 0 Å². The van der Waals surface area contributed by atoms with Crippen molar-refractivity contribution in [3.63, 3.8) is 0 Å². The number of nitrogens with two attached hydrogens (primary N) is 1. The van der Waals surface area contributed by atoms with E-state index in [4.69, 9.17) is 10.5 Å². The highest BCUT2D eigenvalue weighted by atomic mass is 32.2. The quantitative estimate of drug-likeness (QED) is 0.478. The molecule has 3 unspecified atom stereocenters. The number of hydrogen-bond acceptors (Lipinski definition) is 6. The summed E-state index contributed by atoms with van der Waals surface area (Å²) in [5.41, 5.74) is 6.39. The molecule has 8 nitrogen and oxygen atoms in total. The summed E-state index contributed by atoms with van der Waals surface area (Å²) in [6.45, 7) is 1.07. The van der Waals surface area contributed by atoms with Gasteiger partial charge in [0.1, 0.15) is 17.2 Å². The SMILES string of the molecule is CS(=O)c1cc(N=C(N)c2c(NC3CC34COCC[C@@H]4C#N)cc[nH]c2=O)ccc1F. The molecule has 2 aliphatic rings. The van der Waals surface area contributed by atoms with E-state index >= 15 is 0 Å². The number of aromatic nitrogens is 1. The van der Waals surface area contributed by atoms with E-state index in [2.05, 4.69) is 21.4 Å². The van der Waals surface area contributed by atoms with Crippen LogP contribution >= 0.6 is 0 Å². The first-order chi connectivity index (χ1) is 14.9. The third-order valence-corrected chi connectivity index (χ3v) is 6.84. The van der Waals surface area contributed by atoms with Crippen molar-refractivity contribution >= 4 is 28.0 Å². The van der Waals surface area contributed by atoms with Gasteiger partial charge < -0.3 is 20.8 Å². The third kappa shape index (κ3) is 3.98. The second kappa shape index (κ2) is 8.24. The lowest BCUT2D eigenvalue weighted by Crippen LogP contribution is -2.34. The molecule has 0 amide bonds. The van der Waals surface area contributed by atoms with Crippen molar-refractivity contribution in [1.29, 1.82) is 5.26 Å². The second-order valence-corrected chi connectivity index (χ2v) is 9.17. The highest BCUT2D eigenvalue weighted by Gasteiger charge is 2.61. The molecule has 0 bridgehead atoms. The number of pyridine rings is 1. The topological polar surface area (TPSA) is 133 Å². The zero-order chi connectivity index (χ0) is 22.2. The number of nitriles is 1. The van der Waals surface area contributed by atoms with Crippen molar-refractivity contribution in [2.75, 3.05) is 24.8 Å². The molecule has 0 radical (unpaired) electrons. The molecule has 1 aromatic carbocycles. The zero-order valence-corrected chi connectivity index (χ0v) is 17.7. The van der Waals surface area contributed by atoms with Crippen LogP contribution in [0.2, 0.25) is 0 Å². The van der Waals surface area contributed by atoms with Gasteiger partial charge in [0.15, 0.2) is 0 Å². The molecule has 31 heavy (non-hydrogen) atoms. The summed E-state index contributed by atoms with van der Waals surface area (Å²) >= 11 is 0. The number of aromatic amines is 1. The molecule has 4 N–H and O–H groups in total. The molecule has 1 saturated heterocycles. The van der Waals surface area contributed by atoms with Crippen LogP contribution in [-0.4, -0.2) is 40.5 Å². The van der Waals surface area contributed by atoms with E-state index < -0.39 is 22.2 Å². The number of anilines is 1. The Hall–Kier alpha value is -3.03. The van der Waals surface area contributed by atoms with Crippen molar-refractivity contribution < 1.29 is 13.3 Å². The van der Waals surface area contributed by atoms with Crippen LogP contribution in [0.15, 0.2) is 45.1 Å². The first-order valence-electron chi connectivity index (χ1n) is 9.79. The van der Waals surface area contributed by atoms with Crippen LogP contribution in [0.5, 0.6) is 0 Å². The van der Waals surface area contributed by atoms with Gasteiger partial charge in [-0.25, -0.2) is 9.38 Å². The second-order valence-electron chi connectivity index (χ2n) is 7.82. The first-order valence-corrected chi connectivity index (χ1v) is 11.3. The van der Waals surface area contributed by atoms with E-state index in [-0.39, 0.29) is 39.4 Å². The number of amidine groups is 1. The van der Waals surface area contributed by atoms with E-state index in [1.165, 1.54) is 24.6 Å². The van der Waals surface area contributed by atoms with Crippen LogP contribution in [0.4, 0.5) is 15.8 Å². The number of halogens is 1. The van der Waals surface area contributed by atoms with Gasteiger partial charge in [-0.05, 0) is 37.1 Å². The van der Waals surface area contributed by atoms with Crippen LogP contribution in [0.3, 0.4) is 0 Å². The van der Waals surface area contributed by atoms with E-state index in [1.54, 1.807) is 6.07 Å². The molecular formula is C21H22FN5O3S. The lowest BCUT2D eigenvalue weighted by Gasteiger charge is -2.28. The molecule has 4 atom stereocenters. The zero-order valence-electron chi connectivity index (χ0n) is 16.9. The maximum absolute atomic E-state index is 13.8. The summed E-state index contributed by atoms with van der Waals surface area (Å²) in [4.78, 5) is 19.4. The van der Waals surface area contributed by atoms with Crippen molar-refractivity contribution in [2.24, 2.45) is 22.1 Å². The van der Waals surface area contributed by atoms with Crippen molar-refractivity contribution in [2.45, 2.75) is 23.8 Å². The number of benzene rings is 1. The van der Waals surface area contributed by atoms with Gasteiger partial charge in [0, 0.05) is 30.5 Å². The summed E-state index contributed by atoms with van der Waals surface area (Å²) < 4.78 is 31.1. The highest BCUT2D eigenvalue weighted by Crippen LogP contribution is 2.56. The summed E-state index contributed by atoms with van der Waals surface area (Å²) in [5.74, 6) is -0.767. The summed E-state index contributed by atoms with van der Waals surface area (Å²) in [6.07, 6.45) is 4.32. The number of H-pyrrole nitrogens is 1. The maximum atomic E-state index is 13.8. The minimum atomic E-state index is -1.53. The Morgan fingerprint density at radius 1 is 1.48 bits per heavy atom. The normalized spacial score (nSPS) is 26.3. The Kier molecular flexibility index (Phi) is 5.64. The summed E-state index contributed by atoms with van der Waals surface area (Å²) in [6, 6.07) is 7.95. The molecule has 1 aromatic heterocycles. The standard InChI is InChI=1S/C21H22FN5O3S/c1-31(29)16-8-13(2-3-14(16)22)26-19(24)18-15(4-6-25-20(18)28)27-17-9-21(17)11-30-7-5-12(21)10-23/h2-4,6,8,12,17H,5,7,9,11H2,1H3,(H2,24,26)(H2,25,27,28)/t12-,17?,21?,31?/m1/s1. The van der Waals surface area contributed by atoms with Gasteiger partial charge in [-0.3, -0.25) is 9.00 Å². The molecular weight excluding hydrogens is 421 g/mol. The van der Waals surface area contributed by atoms with E-state index in [0.29, 0.717) is 25.3 Å². The summed E-state index contributed by atoms with van der Waals surface area (Å²) in [7, 11) is -1.53. The van der Waals surface area contributed by atoms with Gasteiger partial charge in [-0.2, -0.15) is 5.26 Å². The van der Waals surface area contributed by atoms with E-state index in [9.17, 15) is 18.7 Å². The monoisotopic (exact) mass is 443 g/mol. The average Bonchev–Trinajstić information content (AvgIpc) is 3.41. The predicted octanol–water partition coefficient (Wildman–Crippen LogP) is 2.02. The van der Waals surface area contributed by atoms with Crippen LogP contribution in [-0.2, 0) is 15.5 Å². The Bertz CT molecular complexity index is 1170. The Balaban J connectivity index is 1.64. The van der Waals surface area contributed by atoms with E-state index in [1.807, 2.05) is 0 Å². The van der Waals surface area contributed by atoms with Gasteiger partial charge >= 0.3 is 0 Å². The Labute approximate surface area is 180 Å². The average molecular weight is 444 g/mol. The highest BCUT2D eigenvalue weighted by molar-refractivity contribution is 7.84.